The number of ether oxygens (including phenoxy) is 1. The first kappa shape index (κ1) is 23.2. The van der Waals surface area contributed by atoms with Gasteiger partial charge < -0.3 is 19.8 Å². The van der Waals surface area contributed by atoms with Gasteiger partial charge in [0.15, 0.2) is 10.9 Å². The predicted molar refractivity (Wildman–Crippen MR) is 126 cm³/mol. The molecule has 2 amide bonds. The number of thiazole rings is 1. The molecule has 3 aromatic rings. The van der Waals surface area contributed by atoms with Gasteiger partial charge in [0.05, 0.1) is 24.2 Å². The molecule has 0 unspecified atom stereocenters. The predicted octanol–water partition coefficient (Wildman–Crippen LogP) is 3.33. The molecule has 1 aliphatic rings. The van der Waals surface area contributed by atoms with Crippen molar-refractivity contribution in [2.24, 2.45) is 0 Å². The number of amides is 2. The summed E-state index contributed by atoms with van der Waals surface area (Å²) in [7, 11) is 0. The fourth-order valence-electron chi connectivity index (χ4n) is 3.97. The lowest BCUT2D eigenvalue weighted by Crippen LogP contribution is -2.45. The van der Waals surface area contributed by atoms with Crippen LogP contribution in [0.1, 0.15) is 35.7 Å². The molecule has 0 saturated carbocycles. The maximum Gasteiger partial charge on any atom is 0.287 e. The van der Waals surface area contributed by atoms with Gasteiger partial charge in [-0.15, -0.1) is 11.3 Å². The number of aromatic nitrogens is 1. The molecule has 8 nitrogen and oxygen atoms in total. The van der Waals surface area contributed by atoms with Gasteiger partial charge in [-0.2, -0.15) is 0 Å². The number of carbonyl (C=O) groups is 2. The molecule has 1 aromatic carbocycles. The van der Waals surface area contributed by atoms with Crippen molar-refractivity contribution in [3.8, 4) is 0 Å². The van der Waals surface area contributed by atoms with Crippen LogP contribution in [0.5, 0.6) is 0 Å². The summed E-state index contributed by atoms with van der Waals surface area (Å²) >= 11 is 1.38. The molecule has 9 heteroatoms. The third kappa shape index (κ3) is 6.50. The van der Waals surface area contributed by atoms with E-state index in [1.165, 1.54) is 17.6 Å². The van der Waals surface area contributed by atoms with Crippen molar-refractivity contribution in [1.82, 2.24) is 15.2 Å². The summed E-state index contributed by atoms with van der Waals surface area (Å²) < 4.78 is 11.0. The topological polar surface area (TPSA) is 96.7 Å². The van der Waals surface area contributed by atoms with E-state index in [4.69, 9.17) is 9.15 Å². The highest BCUT2D eigenvalue weighted by Gasteiger charge is 2.25. The summed E-state index contributed by atoms with van der Waals surface area (Å²) in [4.78, 5) is 32.5. The molecule has 33 heavy (non-hydrogen) atoms. The molecular formula is C24H28N4O4S. The van der Waals surface area contributed by atoms with Gasteiger partial charge in [-0.25, -0.2) is 4.98 Å². The van der Waals surface area contributed by atoms with E-state index in [2.05, 4.69) is 34.4 Å². The van der Waals surface area contributed by atoms with E-state index in [9.17, 15) is 9.59 Å². The van der Waals surface area contributed by atoms with Crippen LogP contribution < -0.4 is 10.6 Å². The van der Waals surface area contributed by atoms with Gasteiger partial charge in [0.25, 0.3) is 5.91 Å². The summed E-state index contributed by atoms with van der Waals surface area (Å²) in [5, 5.41) is 8.11. The maximum atomic E-state index is 13.1. The molecule has 1 saturated heterocycles. The van der Waals surface area contributed by atoms with Crippen molar-refractivity contribution in [1.29, 1.82) is 0 Å². The molecule has 0 aliphatic carbocycles. The number of hydrogen-bond acceptors (Lipinski definition) is 7. The van der Waals surface area contributed by atoms with Gasteiger partial charge >= 0.3 is 0 Å². The summed E-state index contributed by atoms with van der Waals surface area (Å²) in [6.45, 7) is 6.54. The van der Waals surface area contributed by atoms with Gasteiger partial charge in [-0.3, -0.25) is 14.5 Å². The van der Waals surface area contributed by atoms with Gasteiger partial charge in [0, 0.05) is 31.4 Å². The van der Waals surface area contributed by atoms with Crippen LogP contribution in [0.15, 0.2) is 58.5 Å². The molecule has 1 aliphatic heterocycles. The molecular weight excluding hydrogens is 440 g/mol. The monoisotopic (exact) mass is 468 g/mol. The first-order valence-electron chi connectivity index (χ1n) is 11.0. The molecule has 0 spiro atoms. The minimum absolute atomic E-state index is 0.159. The molecule has 2 N–H and O–H groups in total. The van der Waals surface area contributed by atoms with Gasteiger partial charge in [0.2, 0.25) is 5.91 Å². The number of carbonyl (C=O) groups excluding carboxylic acids is 2. The van der Waals surface area contributed by atoms with Crippen LogP contribution in [0.25, 0.3) is 0 Å². The highest BCUT2D eigenvalue weighted by atomic mass is 32.1. The number of rotatable bonds is 8. The van der Waals surface area contributed by atoms with E-state index in [1.807, 2.05) is 35.7 Å². The lowest BCUT2D eigenvalue weighted by atomic mass is 10.1. The van der Waals surface area contributed by atoms with Gasteiger partial charge in [0.1, 0.15) is 6.04 Å². The van der Waals surface area contributed by atoms with E-state index in [0.717, 1.165) is 24.3 Å². The van der Waals surface area contributed by atoms with Crippen molar-refractivity contribution in [2.75, 3.05) is 18.4 Å². The summed E-state index contributed by atoms with van der Waals surface area (Å²) in [6, 6.07) is 12.0. The van der Waals surface area contributed by atoms with E-state index in [1.54, 1.807) is 12.1 Å². The lowest BCUT2D eigenvalue weighted by Gasteiger charge is -2.34. The van der Waals surface area contributed by atoms with E-state index < -0.39 is 11.9 Å². The third-order valence-electron chi connectivity index (χ3n) is 5.31. The third-order valence-corrected chi connectivity index (χ3v) is 6.12. The highest BCUT2D eigenvalue weighted by molar-refractivity contribution is 7.13. The number of nitrogens with zero attached hydrogens (tertiary/aromatic N) is 2. The number of anilines is 1. The first-order valence-corrected chi connectivity index (χ1v) is 11.9. The van der Waals surface area contributed by atoms with E-state index >= 15 is 0 Å². The minimum atomic E-state index is -0.779. The molecule has 4 rings (SSSR count). The van der Waals surface area contributed by atoms with Gasteiger partial charge in [-0.05, 0) is 31.5 Å². The standard InChI is InChI=1S/C24H28N4O4S/c1-16-12-28(13-17(2)32-16)14-19-15-33-24(25-19)27-22(29)20(11-18-7-4-3-5-8-18)26-23(30)21-9-6-10-31-21/h3-10,15-17,20H,11-14H2,1-2H3,(H,26,30)(H,25,27,29)/t16-,17-,20+/m1/s1. The number of benzene rings is 1. The number of furan rings is 1. The SMILES string of the molecule is C[C@@H]1CN(Cc2csc(NC(=O)[C@H](Cc3ccccc3)NC(=O)c3ccco3)n2)C[C@@H](C)O1. The second kappa shape index (κ2) is 10.7. The Morgan fingerprint density at radius 1 is 1.15 bits per heavy atom. The summed E-state index contributed by atoms with van der Waals surface area (Å²) in [5.41, 5.74) is 1.84. The minimum Gasteiger partial charge on any atom is -0.459 e. The van der Waals surface area contributed by atoms with E-state index in [-0.39, 0.29) is 23.9 Å². The van der Waals surface area contributed by atoms with Crippen LogP contribution in [0.4, 0.5) is 5.13 Å². The Kier molecular flexibility index (Phi) is 7.54. The van der Waals surface area contributed by atoms with Gasteiger partial charge in [-0.1, -0.05) is 30.3 Å². The van der Waals surface area contributed by atoms with Crippen LogP contribution in [0, 0.1) is 0 Å². The Morgan fingerprint density at radius 3 is 2.61 bits per heavy atom. The van der Waals surface area contributed by atoms with Crippen molar-refractivity contribution in [2.45, 2.75) is 45.1 Å². The Labute approximate surface area is 197 Å². The Hall–Kier alpha value is -3.01. The summed E-state index contributed by atoms with van der Waals surface area (Å²) in [5.74, 6) is -0.605. The zero-order valence-corrected chi connectivity index (χ0v) is 19.5. The number of hydrogen-bond donors (Lipinski definition) is 2. The van der Waals surface area contributed by atoms with Crippen LogP contribution in [0.3, 0.4) is 0 Å². The van der Waals surface area contributed by atoms with Crippen LogP contribution in [0.2, 0.25) is 0 Å². The molecule has 0 radical (unpaired) electrons. The second-order valence-corrected chi connectivity index (χ2v) is 9.14. The number of morpholine rings is 1. The molecule has 174 valence electrons. The molecule has 2 aromatic heterocycles. The van der Waals surface area contributed by atoms with E-state index in [0.29, 0.717) is 18.1 Å². The van der Waals surface area contributed by atoms with Crippen LogP contribution in [-0.2, 0) is 22.5 Å². The lowest BCUT2D eigenvalue weighted by molar-refractivity contribution is -0.118. The zero-order valence-electron chi connectivity index (χ0n) is 18.7. The fraction of sp³-hybridized carbons (Fsp3) is 0.375. The molecule has 3 atom stereocenters. The van der Waals surface area contributed by atoms with Crippen molar-refractivity contribution in [3.05, 3.63) is 71.1 Å². The number of nitrogens with one attached hydrogen (secondary N) is 2. The molecule has 0 bridgehead atoms. The maximum absolute atomic E-state index is 13.1. The molecule has 3 heterocycles. The second-order valence-electron chi connectivity index (χ2n) is 8.28. The Balaban J connectivity index is 1.41. The fourth-order valence-corrected chi connectivity index (χ4v) is 4.67. The largest absolute Gasteiger partial charge is 0.459 e. The van der Waals surface area contributed by atoms with Crippen molar-refractivity contribution < 1.29 is 18.7 Å². The Bertz CT molecular complexity index is 1040. The van der Waals surface area contributed by atoms with Crippen LogP contribution in [-0.4, -0.2) is 53.0 Å². The quantitative estimate of drug-likeness (QED) is 0.527. The zero-order chi connectivity index (χ0) is 23.2. The van der Waals surface area contributed by atoms with Crippen molar-refractivity contribution >= 4 is 28.3 Å². The first-order chi connectivity index (χ1) is 16.0. The normalized spacial score (nSPS) is 19.7. The average molecular weight is 469 g/mol. The smallest absolute Gasteiger partial charge is 0.287 e. The average Bonchev–Trinajstić information content (AvgIpc) is 3.46. The van der Waals surface area contributed by atoms with Crippen LogP contribution >= 0.6 is 11.3 Å². The Morgan fingerprint density at radius 2 is 1.91 bits per heavy atom. The highest BCUT2D eigenvalue weighted by Crippen LogP contribution is 2.20. The summed E-state index contributed by atoms with van der Waals surface area (Å²) in [6.07, 6.45) is 2.14. The van der Waals surface area contributed by atoms with Crippen molar-refractivity contribution in [3.63, 3.8) is 0 Å². The molecule has 1 fully saturated rings.